The number of allylic oxidation sites excluding steroid dienone is 2. The molecular weight excluding hydrogens is 379 g/mol. The van der Waals surface area contributed by atoms with Crippen molar-refractivity contribution in [2.24, 2.45) is 11.8 Å². The van der Waals surface area contributed by atoms with Crippen LogP contribution in [0.5, 0.6) is 5.75 Å². The summed E-state index contributed by atoms with van der Waals surface area (Å²) in [4.78, 5) is 12.7. The van der Waals surface area contributed by atoms with E-state index in [-0.39, 0.29) is 17.9 Å². The van der Waals surface area contributed by atoms with Gasteiger partial charge in [-0.15, -0.1) is 0 Å². The Kier molecular flexibility index (Phi) is 10.4. The van der Waals surface area contributed by atoms with Crippen molar-refractivity contribution in [3.63, 3.8) is 0 Å². The number of hydrogen-bond acceptors (Lipinski definition) is 6. The van der Waals surface area contributed by atoms with Crippen LogP contribution in [0.2, 0.25) is 0 Å². The second-order valence-corrected chi connectivity index (χ2v) is 8.76. The van der Waals surface area contributed by atoms with E-state index < -0.39 is 19.6 Å². The predicted molar refractivity (Wildman–Crippen MR) is 111 cm³/mol. The number of benzene rings is 1. The number of hydrogen-bond donors (Lipinski definition) is 0. The van der Waals surface area contributed by atoms with Crippen LogP contribution in [-0.4, -0.2) is 39.4 Å². The molecule has 1 aromatic carbocycles. The summed E-state index contributed by atoms with van der Waals surface area (Å²) in [5, 5.41) is 0. The zero-order chi connectivity index (χ0) is 21.2. The molecule has 0 saturated heterocycles. The molecule has 156 valence electrons. The van der Waals surface area contributed by atoms with E-state index in [1.165, 1.54) is 14.2 Å². The maximum absolute atomic E-state index is 12.7. The quantitative estimate of drug-likeness (QED) is 0.348. The van der Waals surface area contributed by atoms with Gasteiger partial charge in [0.15, 0.2) is 0 Å². The van der Waals surface area contributed by atoms with Gasteiger partial charge in [-0.25, -0.2) is 0 Å². The van der Waals surface area contributed by atoms with Crippen LogP contribution >= 0.6 is 7.60 Å². The van der Waals surface area contributed by atoms with Gasteiger partial charge in [-0.3, -0.25) is 9.36 Å². The minimum absolute atomic E-state index is 0.0559. The van der Waals surface area contributed by atoms with Gasteiger partial charge in [-0.05, 0) is 17.7 Å². The number of carbonyl (C=O) groups is 1. The van der Waals surface area contributed by atoms with E-state index in [9.17, 15) is 9.36 Å². The molecule has 6 nitrogen and oxygen atoms in total. The average Bonchev–Trinajstić information content (AvgIpc) is 2.72. The van der Waals surface area contributed by atoms with Crippen LogP contribution in [0.25, 0.3) is 0 Å². The molecule has 0 spiro atoms. The lowest BCUT2D eigenvalue weighted by Gasteiger charge is -2.28. The highest BCUT2D eigenvalue weighted by molar-refractivity contribution is 7.54. The van der Waals surface area contributed by atoms with Gasteiger partial charge < -0.3 is 18.5 Å². The van der Waals surface area contributed by atoms with Crippen molar-refractivity contribution >= 4 is 13.4 Å². The van der Waals surface area contributed by atoms with Gasteiger partial charge in [-0.1, -0.05) is 50.8 Å². The SMILES string of the molecule is C=C/C=C\[C@H](C)[C@H](OCc1ccc(OC)cc1)[C@@H](C)C(=O)CP(=O)(OC)OC. The van der Waals surface area contributed by atoms with Crippen molar-refractivity contribution in [2.75, 3.05) is 27.5 Å². The molecule has 0 fully saturated rings. The smallest absolute Gasteiger partial charge is 0.337 e. The monoisotopic (exact) mass is 410 g/mol. The van der Waals surface area contributed by atoms with E-state index in [2.05, 4.69) is 6.58 Å². The fraction of sp³-hybridized carbons (Fsp3) is 0.476. The van der Waals surface area contributed by atoms with Crippen LogP contribution in [0, 0.1) is 11.8 Å². The normalized spacial score (nSPS) is 15.2. The second kappa shape index (κ2) is 12.0. The van der Waals surface area contributed by atoms with Crippen LogP contribution in [0.4, 0.5) is 0 Å². The van der Waals surface area contributed by atoms with Crippen LogP contribution in [-0.2, 0) is 29.8 Å². The molecule has 3 atom stereocenters. The minimum atomic E-state index is -3.42. The zero-order valence-corrected chi connectivity index (χ0v) is 18.2. The Bertz CT molecular complexity index is 689. The molecule has 0 heterocycles. The number of rotatable bonds is 13. The van der Waals surface area contributed by atoms with Crippen molar-refractivity contribution in [3.8, 4) is 5.75 Å². The van der Waals surface area contributed by atoms with E-state index in [1.54, 1.807) is 20.1 Å². The van der Waals surface area contributed by atoms with Crippen molar-refractivity contribution in [3.05, 3.63) is 54.6 Å². The Labute approximate surface area is 168 Å². The minimum Gasteiger partial charge on any atom is -0.497 e. The van der Waals surface area contributed by atoms with E-state index in [1.807, 2.05) is 43.3 Å². The molecule has 0 amide bonds. The Morgan fingerprint density at radius 2 is 1.75 bits per heavy atom. The molecule has 0 saturated carbocycles. The topological polar surface area (TPSA) is 71.1 Å². The first-order chi connectivity index (χ1) is 13.3. The van der Waals surface area contributed by atoms with E-state index in [0.717, 1.165) is 11.3 Å². The lowest BCUT2D eigenvalue weighted by atomic mass is 9.90. The molecule has 0 bridgehead atoms. The molecule has 0 aliphatic heterocycles. The summed E-state index contributed by atoms with van der Waals surface area (Å²) in [6.45, 7) is 7.75. The summed E-state index contributed by atoms with van der Waals surface area (Å²) in [6, 6.07) is 7.54. The van der Waals surface area contributed by atoms with Crippen molar-refractivity contribution in [1.82, 2.24) is 0 Å². The van der Waals surface area contributed by atoms with Crippen molar-refractivity contribution in [2.45, 2.75) is 26.6 Å². The van der Waals surface area contributed by atoms with Gasteiger partial charge in [0.2, 0.25) is 0 Å². The maximum atomic E-state index is 12.7. The highest BCUT2D eigenvalue weighted by atomic mass is 31.2. The molecule has 0 N–H and O–H groups in total. The number of Topliss-reactive ketones (excluding diaryl/α,β-unsaturated/α-hetero) is 1. The first-order valence-corrected chi connectivity index (χ1v) is 10.8. The summed E-state index contributed by atoms with van der Waals surface area (Å²) in [5.41, 5.74) is 0.963. The number of ketones is 1. The Morgan fingerprint density at radius 3 is 2.25 bits per heavy atom. The third-order valence-corrected chi connectivity index (χ3v) is 6.39. The highest BCUT2D eigenvalue weighted by Crippen LogP contribution is 2.46. The molecule has 0 unspecified atom stereocenters. The predicted octanol–water partition coefficient (Wildman–Crippen LogP) is 4.65. The van der Waals surface area contributed by atoms with Gasteiger partial charge in [0, 0.05) is 26.1 Å². The van der Waals surface area contributed by atoms with Gasteiger partial charge in [0.1, 0.15) is 17.7 Å². The standard InChI is InChI=1S/C21H31O6P/c1-7-8-9-16(2)21(17(3)20(22)15-28(23,25-5)26-6)27-14-18-10-12-19(24-4)13-11-18/h7-13,16-17,21H,1,14-15H2,2-6H3/b9-8-/t16-,17-,21-/m0/s1. The van der Waals surface area contributed by atoms with Crippen LogP contribution in [0.15, 0.2) is 49.1 Å². The molecule has 0 aromatic heterocycles. The molecule has 7 heteroatoms. The molecule has 1 rings (SSSR count). The molecule has 28 heavy (non-hydrogen) atoms. The van der Waals surface area contributed by atoms with Crippen molar-refractivity contribution in [1.29, 1.82) is 0 Å². The third-order valence-electron chi connectivity index (χ3n) is 4.58. The number of methoxy groups -OCH3 is 1. The average molecular weight is 410 g/mol. The molecule has 0 aliphatic rings. The van der Waals surface area contributed by atoms with Gasteiger partial charge in [0.05, 0.1) is 19.8 Å². The summed E-state index contributed by atoms with van der Waals surface area (Å²) < 4.78 is 33.4. The first kappa shape index (κ1) is 24.3. The van der Waals surface area contributed by atoms with Crippen LogP contribution < -0.4 is 4.74 Å². The molecule has 0 radical (unpaired) electrons. The molecule has 0 aliphatic carbocycles. The highest BCUT2D eigenvalue weighted by Gasteiger charge is 2.34. The van der Waals surface area contributed by atoms with Crippen molar-refractivity contribution < 1.29 is 27.9 Å². The van der Waals surface area contributed by atoms with Gasteiger partial charge in [-0.2, -0.15) is 0 Å². The largest absolute Gasteiger partial charge is 0.497 e. The zero-order valence-electron chi connectivity index (χ0n) is 17.3. The summed E-state index contributed by atoms with van der Waals surface area (Å²) in [7, 11) is 0.737. The van der Waals surface area contributed by atoms with Crippen LogP contribution in [0.1, 0.15) is 19.4 Å². The van der Waals surface area contributed by atoms with E-state index >= 15 is 0 Å². The van der Waals surface area contributed by atoms with E-state index in [0.29, 0.717) is 6.61 Å². The van der Waals surface area contributed by atoms with Gasteiger partial charge >= 0.3 is 7.60 Å². The Morgan fingerprint density at radius 1 is 1.14 bits per heavy atom. The summed E-state index contributed by atoms with van der Waals surface area (Å²) in [6.07, 6.45) is 4.73. The fourth-order valence-corrected chi connectivity index (χ4v) is 3.83. The lowest BCUT2D eigenvalue weighted by Crippen LogP contribution is -2.34. The van der Waals surface area contributed by atoms with Crippen LogP contribution in [0.3, 0.4) is 0 Å². The summed E-state index contributed by atoms with van der Waals surface area (Å²) >= 11 is 0. The number of ether oxygens (including phenoxy) is 2. The first-order valence-electron chi connectivity index (χ1n) is 9.07. The summed E-state index contributed by atoms with van der Waals surface area (Å²) in [5.74, 6) is -0.0207. The van der Waals surface area contributed by atoms with E-state index in [4.69, 9.17) is 18.5 Å². The Hall–Kier alpha value is -1.72. The third kappa shape index (κ3) is 7.36. The lowest BCUT2D eigenvalue weighted by molar-refractivity contribution is -0.127. The number of carbonyl (C=O) groups excluding carboxylic acids is 1. The molecular formula is C21H31O6P. The molecule has 1 aromatic rings. The fourth-order valence-electron chi connectivity index (χ4n) is 2.75. The second-order valence-electron chi connectivity index (χ2n) is 6.49. The Balaban J connectivity index is 2.93. The maximum Gasteiger partial charge on any atom is 0.337 e. The van der Waals surface area contributed by atoms with Gasteiger partial charge in [0.25, 0.3) is 0 Å².